The summed E-state index contributed by atoms with van der Waals surface area (Å²) in [6, 6.07) is 8.76. The van der Waals surface area contributed by atoms with Crippen molar-refractivity contribution in [3.63, 3.8) is 0 Å². The minimum atomic E-state index is -3.55. The summed E-state index contributed by atoms with van der Waals surface area (Å²) >= 11 is 0. The van der Waals surface area contributed by atoms with Crippen LogP contribution in [0, 0.1) is 10.1 Å². The van der Waals surface area contributed by atoms with E-state index in [0.717, 1.165) is 24.8 Å². The lowest BCUT2D eigenvalue weighted by Crippen LogP contribution is -2.35. The van der Waals surface area contributed by atoms with Crippen LogP contribution in [0.5, 0.6) is 11.5 Å². The van der Waals surface area contributed by atoms with Crippen molar-refractivity contribution >= 4 is 27.3 Å². The summed E-state index contributed by atoms with van der Waals surface area (Å²) in [5, 5.41) is 11.0. The molecule has 0 atom stereocenters. The number of fused-ring (bicyclic) bond motifs is 1. The van der Waals surface area contributed by atoms with Crippen LogP contribution in [-0.2, 0) is 21.2 Å². The van der Waals surface area contributed by atoms with Crippen molar-refractivity contribution < 1.29 is 27.6 Å². The van der Waals surface area contributed by atoms with E-state index in [1.165, 1.54) is 34.5 Å². The zero-order chi connectivity index (χ0) is 23.6. The van der Waals surface area contributed by atoms with Gasteiger partial charge in [-0.3, -0.25) is 14.9 Å². The fraction of sp³-hybridized carbons (Fsp3) is 0.409. The zero-order valence-corrected chi connectivity index (χ0v) is 19.0. The number of rotatable bonds is 7. The molecule has 0 aliphatic carbocycles. The topological polar surface area (TPSA) is 119 Å². The highest BCUT2D eigenvalue weighted by atomic mass is 32.2. The second kappa shape index (κ2) is 9.36. The minimum absolute atomic E-state index is 0.0995. The first-order valence-electron chi connectivity index (χ1n) is 10.7. The molecule has 1 fully saturated rings. The van der Waals surface area contributed by atoms with Gasteiger partial charge in [0.1, 0.15) is 0 Å². The predicted molar refractivity (Wildman–Crippen MR) is 120 cm³/mol. The summed E-state index contributed by atoms with van der Waals surface area (Å²) < 4.78 is 38.1. The Bertz CT molecular complexity index is 1180. The molecule has 0 spiro atoms. The minimum Gasteiger partial charge on any atom is -0.493 e. The summed E-state index contributed by atoms with van der Waals surface area (Å²) in [5.41, 5.74) is 1.26. The van der Waals surface area contributed by atoms with E-state index in [9.17, 15) is 23.3 Å². The van der Waals surface area contributed by atoms with Crippen LogP contribution in [-0.4, -0.2) is 56.9 Å². The number of hydrogen-bond acceptors (Lipinski definition) is 7. The van der Waals surface area contributed by atoms with Crippen molar-refractivity contribution in [3.8, 4) is 11.5 Å². The van der Waals surface area contributed by atoms with Gasteiger partial charge < -0.3 is 14.4 Å². The largest absolute Gasteiger partial charge is 0.493 e. The molecule has 2 aromatic carbocycles. The second-order valence-corrected chi connectivity index (χ2v) is 9.87. The molecule has 2 aliphatic rings. The summed E-state index contributed by atoms with van der Waals surface area (Å²) in [5.74, 6) is 0.0409. The molecule has 0 saturated carbocycles. The van der Waals surface area contributed by atoms with Gasteiger partial charge in [-0.15, -0.1) is 0 Å². The van der Waals surface area contributed by atoms with Gasteiger partial charge in [-0.2, -0.15) is 4.31 Å². The van der Waals surface area contributed by atoms with Gasteiger partial charge >= 0.3 is 0 Å². The quantitative estimate of drug-likeness (QED) is 0.446. The van der Waals surface area contributed by atoms with Crippen LogP contribution in [0.25, 0.3) is 0 Å². The average Bonchev–Trinajstić information content (AvgIpc) is 3.26. The van der Waals surface area contributed by atoms with E-state index >= 15 is 0 Å². The van der Waals surface area contributed by atoms with E-state index in [1.807, 2.05) is 0 Å². The van der Waals surface area contributed by atoms with Gasteiger partial charge in [0.2, 0.25) is 10.0 Å². The number of sulfonamides is 1. The number of hydrogen-bond donors (Lipinski definition) is 0. The van der Waals surface area contributed by atoms with Gasteiger partial charge in [-0.25, -0.2) is 8.42 Å². The molecule has 0 N–H and O–H groups in total. The Morgan fingerprint density at radius 2 is 1.82 bits per heavy atom. The van der Waals surface area contributed by atoms with Crippen molar-refractivity contribution in [1.82, 2.24) is 4.31 Å². The Labute approximate surface area is 191 Å². The molecule has 10 nitrogen and oxygen atoms in total. The Morgan fingerprint density at radius 3 is 2.52 bits per heavy atom. The molecule has 1 saturated heterocycles. The molecule has 2 heterocycles. The van der Waals surface area contributed by atoms with E-state index in [1.54, 1.807) is 18.2 Å². The predicted octanol–water partition coefficient (Wildman–Crippen LogP) is 2.75. The van der Waals surface area contributed by atoms with Crippen LogP contribution >= 0.6 is 0 Å². The van der Waals surface area contributed by atoms with Crippen molar-refractivity contribution in [3.05, 3.63) is 52.1 Å². The first-order valence-corrected chi connectivity index (χ1v) is 12.1. The Kier molecular flexibility index (Phi) is 6.52. The number of carbonyl (C=O) groups excluding carboxylic acids is 1. The highest BCUT2D eigenvalue weighted by Crippen LogP contribution is 2.33. The number of amides is 1. The van der Waals surface area contributed by atoms with Crippen LogP contribution < -0.4 is 14.4 Å². The monoisotopic (exact) mass is 475 g/mol. The molecule has 2 aromatic rings. The number of carbonyl (C=O) groups is 1. The number of benzene rings is 2. The van der Waals surface area contributed by atoms with E-state index in [4.69, 9.17) is 9.47 Å². The first kappa shape index (κ1) is 23.0. The maximum Gasteiger partial charge on any atom is 0.273 e. The Morgan fingerprint density at radius 1 is 1.06 bits per heavy atom. The van der Waals surface area contributed by atoms with Crippen LogP contribution in [0.15, 0.2) is 41.3 Å². The fourth-order valence-corrected chi connectivity index (χ4v) is 5.73. The van der Waals surface area contributed by atoms with Gasteiger partial charge in [-0.05, 0) is 49.1 Å². The normalized spacial score (nSPS) is 16.3. The molecule has 11 heteroatoms. The molecular weight excluding hydrogens is 450 g/mol. The molecule has 0 radical (unpaired) electrons. The number of ether oxygens (including phenoxy) is 2. The van der Waals surface area contributed by atoms with E-state index in [0.29, 0.717) is 31.7 Å². The standard InChI is InChI=1S/C22H25N3O7S/c1-31-20-8-5-17(25(27)28)14-21(20)32-15-22(26)24-12-9-16-13-18(6-7-19(16)24)33(29,30)23-10-3-2-4-11-23/h5-8,13-14H,2-4,9-12,15H2,1H3. The van der Waals surface area contributed by atoms with Crippen molar-refractivity contribution in [2.24, 2.45) is 0 Å². The lowest BCUT2D eigenvalue weighted by molar-refractivity contribution is -0.385. The van der Waals surface area contributed by atoms with Crippen LogP contribution in [0.1, 0.15) is 24.8 Å². The third kappa shape index (κ3) is 4.64. The SMILES string of the molecule is COc1ccc([N+](=O)[O-])cc1OCC(=O)N1CCc2cc(S(=O)(=O)N3CCCCC3)ccc21. The number of nitrogens with zero attached hydrogens (tertiary/aromatic N) is 3. The third-order valence-electron chi connectivity index (χ3n) is 5.91. The van der Waals surface area contributed by atoms with Crippen molar-refractivity contribution in [1.29, 1.82) is 0 Å². The summed E-state index contributed by atoms with van der Waals surface area (Å²) in [7, 11) is -2.15. The highest BCUT2D eigenvalue weighted by Gasteiger charge is 2.30. The molecule has 0 bridgehead atoms. The second-order valence-electron chi connectivity index (χ2n) is 7.93. The molecule has 33 heavy (non-hydrogen) atoms. The van der Waals surface area contributed by atoms with E-state index in [2.05, 4.69) is 0 Å². The lowest BCUT2D eigenvalue weighted by atomic mass is 10.2. The van der Waals surface area contributed by atoms with E-state index < -0.39 is 14.9 Å². The third-order valence-corrected chi connectivity index (χ3v) is 7.80. The van der Waals surface area contributed by atoms with Gasteiger partial charge in [0.05, 0.1) is 23.0 Å². The number of nitro groups is 1. The van der Waals surface area contributed by atoms with Gasteiger partial charge in [0.25, 0.3) is 11.6 Å². The molecule has 0 unspecified atom stereocenters. The van der Waals surface area contributed by atoms with Crippen LogP contribution in [0.3, 0.4) is 0 Å². The van der Waals surface area contributed by atoms with Crippen LogP contribution in [0.4, 0.5) is 11.4 Å². The van der Waals surface area contributed by atoms with Gasteiger partial charge in [0, 0.05) is 31.4 Å². The highest BCUT2D eigenvalue weighted by molar-refractivity contribution is 7.89. The molecule has 0 aromatic heterocycles. The number of methoxy groups -OCH3 is 1. The average molecular weight is 476 g/mol. The molecule has 176 valence electrons. The number of non-ortho nitro benzene ring substituents is 1. The van der Waals surface area contributed by atoms with Gasteiger partial charge in [0.15, 0.2) is 18.1 Å². The number of nitro benzene ring substituents is 1. The molecule has 4 rings (SSSR count). The number of piperidine rings is 1. The van der Waals surface area contributed by atoms with Crippen LogP contribution in [0.2, 0.25) is 0 Å². The Balaban J connectivity index is 1.48. The summed E-state index contributed by atoms with van der Waals surface area (Å²) in [6.45, 7) is 1.12. The molecule has 2 aliphatic heterocycles. The van der Waals surface area contributed by atoms with Gasteiger partial charge in [-0.1, -0.05) is 6.42 Å². The lowest BCUT2D eigenvalue weighted by Gasteiger charge is -2.26. The Hall–Kier alpha value is -3.18. The van der Waals surface area contributed by atoms with Crippen molar-refractivity contribution in [2.45, 2.75) is 30.6 Å². The maximum atomic E-state index is 13.0. The maximum absolute atomic E-state index is 13.0. The smallest absolute Gasteiger partial charge is 0.273 e. The molecular formula is C22H25N3O7S. The van der Waals surface area contributed by atoms with Crippen molar-refractivity contribution in [2.75, 3.05) is 38.3 Å². The first-order chi connectivity index (χ1) is 15.8. The zero-order valence-electron chi connectivity index (χ0n) is 18.2. The van der Waals surface area contributed by atoms with E-state index in [-0.39, 0.29) is 34.6 Å². The molecule has 1 amide bonds. The fourth-order valence-electron chi connectivity index (χ4n) is 4.16. The summed E-state index contributed by atoms with van der Waals surface area (Å²) in [4.78, 5) is 25.1. The summed E-state index contributed by atoms with van der Waals surface area (Å²) in [6.07, 6.45) is 3.30. The number of anilines is 1.